The van der Waals surface area contributed by atoms with E-state index in [1.165, 1.54) is 0 Å². The van der Waals surface area contributed by atoms with E-state index in [0.29, 0.717) is 6.10 Å². The molecule has 4 nitrogen and oxygen atoms in total. The van der Waals surface area contributed by atoms with Crippen LogP contribution in [0.15, 0.2) is 28.9 Å². The Morgan fingerprint density at radius 1 is 1.43 bits per heavy atom. The number of ether oxygens (including phenoxy) is 1. The van der Waals surface area contributed by atoms with Crippen molar-refractivity contribution in [2.45, 2.75) is 6.10 Å². The van der Waals surface area contributed by atoms with Gasteiger partial charge in [-0.25, -0.2) is 0 Å². The molecule has 14 heavy (non-hydrogen) atoms. The molecule has 1 aliphatic rings. The van der Waals surface area contributed by atoms with Gasteiger partial charge in [-0.15, -0.1) is 0 Å². The summed E-state index contributed by atoms with van der Waals surface area (Å²) in [6.45, 7) is 1.86. The Morgan fingerprint density at radius 2 is 2.36 bits per heavy atom. The molecule has 0 radical (unpaired) electrons. The zero-order chi connectivity index (χ0) is 9.38. The van der Waals surface area contributed by atoms with Gasteiger partial charge in [0.2, 0.25) is 0 Å². The van der Waals surface area contributed by atoms with E-state index >= 15 is 0 Å². The third-order valence-electron chi connectivity index (χ3n) is 2.37. The van der Waals surface area contributed by atoms with Gasteiger partial charge in [0.05, 0.1) is 6.20 Å². The van der Waals surface area contributed by atoms with E-state index in [2.05, 4.69) is 10.5 Å². The number of fused-ring (bicyclic) bond motifs is 1. The number of hydrogen-bond donors (Lipinski definition) is 1. The summed E-state index contributed by atoms with van der Waals surface area (Å²) in [6, 6.07) is 5.74. The normalized spacial score (nSPS) is 16.9. The molecular weight excluding hydrogens is 180 g/mol. The number of benzene rings is 1. The van der Waals surface area contributed by atoms with Crippen LogP contribution >= 0.6 is 0 Å². The summed E-state index contributed by atoms with van der Waals surface area (Å²) in [4.78, 5) is 0. The minimum Gasteiger partial charge on any atom is -0.488 e. The molecule has 1 aliphatic heterocycles. The molecule has 1 fully saturated rings. The van der Waals surface area contributed by atoms with Crippen LogP contribution in [0.3, 0.4) is 0 Å². The molecule has 0 atom stereocenters. The molecule has 1 N–H and O–H groups in total. The molecule has 0 aliphatic carbocycles. The van der Waals surface area contributed by atoms with Crippen molar-refractivity contribution in [2.75, 3.05) is 13.1 Å². The first kappa shape index (κ1) is 7.82. The number of rotatable bonds is 2. The van der Waals surface area contributed by atoms with E-state index in [-0.39, 0.29) is 0 Å². The van der Waals surface area contributed by atoms with Crippen LogP contribution < -0.4 is 10.1 Å². The summed E-state index contributed by atoms with van der Waals surface area (Å²) < 4.78 is 10.7. The minimum atomic E-state index is 0.312. The summed E-state index contributed by atoms with van der Waals surface area (Å²) in [6.07, 6.45) is 2.01. The topological polar surface area (TPSA) is 47.3 Å². The Kier molecular flexibility index (Phi) is 1.67. The highest BCUT2D eigenvalue weighted by Gasteiger charge is 2.18. The first-order chi connectivity index (χ1) is 6.92. The largest absolute Gasteiger partial charge is 0.488 e. The van der Waals surface area contributed by atoms with Gasteiger partial charge in [-0.3, -0.25) is 0 Å². The molecule has 1 aromatic carbocycles. The first-order valence-electron chi connectivity index (χ1n) is 4.64. The van der Waals surface area contributed by atoms with Crippen LogP contribution in [0.25, 0.3) is 11.0 Å². The summed E-state index contributed by atoms with van der Waals surface area (Å²) in [7, 11) is 0. The molecule has 1 aromatic heterocycles. The molecule has 2 heterocycles. The molecule has 1 saturated heterocycles. The van der Waals surface area contributed by atoms with E-state index in [4.69, 9.17) is 9.26 Å². The molecule has 0 saturated carbocycles. The second kappa shape index (κ2) is 2.99. The Labute approximate surface area is 80.8 Å². The zero-order valence-corrected chi connectivity index (χ0v) is 7.56. The van der Waals surface area contributed by atoms with Crippen LogP contribution in [0, 0.1) is 0 Å². The van der Waals surface area contributed by atoms with Crippen molar-refractivity contribution in [1.82, 2.24) is 10.5 Å². The second-order valence-electron chi connectivity index (χ2n) is 3.42. The summed E-state index contributed by atoms with van der Waals surface area (Å²) in [5.41, 5.74) is 0.795. The van der Waals surface area contributed by atoms with Crippen LogP contribution in [0.5, 0.6) is 5.75 Å². The quantitative estimate of drug-likeness (QED) is 0.772. The lowest BCUT2D eigenvalue weighted by Gasteiger charge is -2.27. The molecule has 72 valence electrons. The fraction of sp³-hybridized carbons (Fsp3) is 0.300. The molecule has 4 heteroatoms. The van der Waals surface area contributed by atoms with Gasteiger partial charge in [0.25, 0.3) is 0 Å². The Balaban J connectivity index is 1.88. The highest BCUT2D eigenvalue weighted by Crippen LogP contribution is 2.21. The molecule has 0 bridgehead atoms. The van der Waals surface area contributed by atoms with Gasteiger partial charge >= 0.3 is 0 Å². The van der Waals surface area contributed by atoms with Crippen molar-refractivity contribution in [2.24, 2.45) is 0 Å². The Hall–Kier alpha value is -1.55. The number of nitrogens with one attached hydrogen (secondary N) is 1. The number of nitrogens with zero attached hydrogens (tertiary/aromatic N) is 1. The fourth-order valence-electron chi connectivity index (χ4n) is 1.46. The van der Waals surface area contributed by atoms with Gasteiger partial charge in [-0.05, 0) is 18.2 Å². The van der Waals surface area contributed by atoms with Gasteiger partial charge in [0.15, 0.2) is 5.58 Å². The van der Waals surface area contributed by atoms with Crippen LogP contribution in [0.4, 0.5) is 0 Å². The summed E-state index contributed by atoms with van der Waals surface area (Å²) >= 11 is 0. The summed E-state index contributed by atoms with van der Waals surface area (Å²) in [5.74, 6) is 0.882. The van der Waals surface area contributed by atoms with E-state index < -0.39 is 0 Å². The van der Waals surface area contributed by atoms with Gasteiger partial charge in [-0.1, -0.05) is 5.16 Å². The maximum Gasteiger partial charge on any atom is 0.167 e. The van der Waals surface area contributed by atoms with E-state index in [1.807, 2.05) is 18.2 Å². The Bertz CT molecular complexity index is 448. The molecular formula is C10H10N2O2. The maximum absolute atomic E-state index is 5.70. The molecule has 0 spiro atoms. The van der Waals surface area contributed by atoms with E-state index in [0.717, 1.165) is 29.8 Å². The van der Waals surface area contributed by atoms with Gasteiger partial charge in [0.1, 0.15) is 11.9 Å². The van der Waals surface area contributed by atoms with Crippen molar-refractivity contribution >= 4 is 11.0 Å². The van der Waals surface area contributed by atoms with E-state index in [9.17, 15) is 0 Å². The molecule has 0 unspecified atom stereocenters. The Morgan fingerprint density at radius 3 is 3.14 bits per heavy atom. The van der Waals surface area contributed by atoms with Crippen molar-refractivity contribution in [3.63, 3.8) is 0 Å². The van der Waals surface area contributed by atoms with Gasteiger partial charge in [0, 0.05) is 18.5 Å². The molecule has 2 aromatic rings. The second-order valence-corrected chi connectivity index (χ2v) is 3.42. The monoisotopic (exact) mass is 190 g/mol. The maximum atomic E-state index is 5.70. The average Bonchev–Trinajstić information content (AvgIpc) is 2.58. The van der Waals surface area contributed by atoms with E-state index in [1.54, 1.807) is 6.20 Å². The SMILES string of the molecule is c1cc2oncc2cc1OC1CNC1. The zero-order valence-electron chi connectivity index (χ0n) is 7.56. The summed E-state index contributed by atoms with van der Waals surface area (Å²) in [5, 5.41) is 7.85. The predicted octanol–water partition coefficient (Wildman–Crippen LogP) is 1.18. The van der Waals surface area contributed by atoms with Crippen molar-refractivity contribution in [1.29, 1.82) is 0 Å². The lowest BCUT2D eigenvalue weighted by Crippen LogP contribution is -2.50. The smallest absolute Gasteiger partial charge is 0.167 e. The highest BCUT2D eigenvalue weighted by atomic mass is 16.5. The lowest BCUT2D eigenvalue weighted by molar-refractivity contribution is 0.142. The predicted molar refractivity (Wildman–Crippen MR) is 51.3 cm³/mol. The highest BCUT2D eigenvalue weighted by molar-refractivity contribution is 5.77. The fourth-order valence-corrected chi connectivity index (χ4v) is 1.46. The first-order valence-corrected chi connectivity index (χ1v) is 4.64. The lowest BCUT2D eigenvalue weighted by atomic mass is 10.2. The van der Waals surface area contributed by atoms with Crippen LogP contribution in [0.1, 0.15) is 0 Å². The number of hydrogen-bond acceptors (Lipinski definition) is 4. The van der Waals surface area contributed by atoms with Gasteiger partial charge in [-0.2, -0.15) is 0 Å². The van der Waals surface area contributed by atoms with Crippen LogP contribution in [0.2, 0.25) is 0 Å². The van der Waals surface area contributed by atoms with Crippen molar-refractivity contribution in [3.05, 3.63) is 24.4 Å². The van der Waals surface area contributed by atoms with Crippen LogP contribution in [-0.4, -0.2) is 24.4 Å². The number of aromatic nitrogens is 1. The minimum absolute atomic E-state index is 0.312. The third kappa shape index (κ3) is 1.24. The molecule has 0 amide bonds. The molecule has 3 rings (SSSR count). The van der Waals surface area contributed by atoms with Crippen molar-refractivity contribution < 1.29 is 9.26 Å². The van der Waals surface area contributed by atoms with Crippen LogP contribution in [-0.2, 0) is 0 Å². The average molecular weight is 190 g/mol. The third-order valence-corrected chi connectivity index (χ3v) is 2.37. The van der Waals surface area contributed by atoms with Crippen molar-refractivity contribution in [3.8, 4) is 5.75 Å². The standard InChI is InChI=1S/C10H10N2O2/c1-2-10-7(4-12-14-10)3-8(1)13-9-5-11-6-9/h1-4,9,11H,5-6H2. The van der Waals surface area contributed by atoms with Gasteiger partial charge < -0.3 is 14.6 Å².